The summed E-state index contributed by atoms with van der Waals surface area (Å²) in [5.74, 6) is 0.766. The van der Waals surface area contributed by atoms with E-state index < -0.39 is 6.09 Å². The number of fused-ring (bicyclic) bond motifs is 1. The zero-order valence-corrected chi connectivity index (χ0v) is 21.0. The van der Waals surface area contributed by atoms with Crippen LogP contribution in [0.3, 0.4) is 0 Å². The number of anilines is 2. The molecule has 2 aromatic carbocycles. The first-order valence-electron chi connectivity index (χ1n) is 12.9. The second-order valence-electron chi connectivity index (χ2n) is 9.42. The van der Waals surface area contributed by atoms with Crippen LogP contribution in [0.2, 0.25) is 0 Å². The van der Waals surface area contributed by atoms with E-state index in [0.717, 1.165) is 59.3 Å². The number of nitrogen functional groups attached to an aromatic ring is 1. The fraction of sp³-hybridized carbons (Fsp3) is 0.464. The molecule has 2 heterocycles. The monoisotopic (exact) mass is 493 g/mol. The number of hydrogen-bond acceptors (Lipinski definition) is 6. The van der Waals surface area contributed by atoms with Crippen LogP contribution in [0.15, 0.2) is 42.5 Å². The third-order valence-corrected chi connectivity index (χ3v) is 7.12. The lowest BCUT2D eigenvalue weighted by Gasteiger charge is -2.30. The molecular weight excluding hydrogens is 458 g/mol. The van der Waals surface area contributed by atoms with Crippen molar-refractivity contribution >= 4 is 28.4 Å². The van der Waals surface area contributed by atoms with Crippen LogP contribution in [0.5, 0.6) is 5.75 Å². The number of benzene rings is 2. The number of carbonyl (C=O) groups excluding carboxylic acids is 1. The van der Waals surface area contributed by atoms with Gasteiger partial charge in [0.2, 0.25) is 0 Å². The summed E-state index contributed by atoms with van der Waals surface area (Å²) in [5.41, 5.74) is 11.2. The van der Waals surface area contributed by atoms with Crippen LogP contribution in [-0.4, -0.2) is 42.9 Å². The highest BCUT2D eigenvalue weighted by Gasteiger charge is 2.27. The fourth-order valence-corrected chi connectivity index (χ4v) is 4.86. The maximum atomic E-state index is 12.2. The number of nitrogens with zero attached hydrogens (tertiary/aromatic N) is 1. The number of ether oxygens (including phenoxy) is 4. The number of rotatable bonds is 9. The first-order chi connectivity index (χ1) is 17.6. The van der Waals surface area contributed by atoms with Crippen LogP contribution < -0.4 is 15.8 Å². The average molecular weight is 494 g/mol. The van der Waals surface area contributed by atoms with Crippen molar-refractivity contribution in [2.45, 2.75) is 64.4 Å². The standard InChI is InChI=1S/C28H35N3O5/c1-3-21(4-2)36-28(32)30-19-10-8-18(9-11-19)27-26(29)23-13-12-22(35-17-25-33-14-15-34-25)16-24(23)31(27)20-6-5-7-20/h8-13,16,20-21,25H,3-7,14-15,17,29H2,1-2H3,(H,30,32). The van der Waals surface area contributed by atoms with E-state index in [9.17, 15) is 4.79 Å². The number of carbonyl (C=O) groups is 1. The van der Waals surface area contributed by atoms with E-state index in [1.165, 1.54) is 6.42 Å². The molecule has 0 spiro atoms. The average Bonchev–Trinajstić information content (AvgIpc) is 3.47. The number of nitrogens with one attached hydrogen (secondary N) is 1. The molecule has 2 fully saturated rings. The second-order valence-corrected chi connectivity index (χ2v) is 9.42. The van der Waals surface area contributed by atoms with Crippen molar-refractivity contribution in [3.63, 3.8) is 0 Å². The van der Waals surface area contributed by atoms with Crippen molar-refractivity contribution in [2.75, 3.05) is 30.9 Å². The van der Waals surface area contributed by atoms with E-state index in [1.54, 1.807) is 0 Å². The Kier molecular flexibility index (Phi) is 7.34. The SMILES string of the molecule is CCC(CC)OC(=O)Nc1ccc(-c2c(N)c3ccc(OCC4OCCO4)cc3n2C2CCC2)cc1. The normalized spacial score (nSPS) is 16.4. The maximum Gasteiger partial charge on any atom is 0.411 e. The van der Waals surface area contributed by atoms with Gasteiger partial charge in [-0.3, -0.25) is 5.32 Å². The van der Waals surface area contributed by atoms with E-state index in [2.05, 4.69) is 16.0 Å². The molecule has 1 amide bonds. The molecule has 0 atom stereocenters. The lowest BCUT2D eigenvalue weighted by Crippen LogP contribution is -2.21. The van der Waals surface area contributed by atoms with Crippen molar-refractivity contribution in [1.82, 2.24) is 4.57 Å². The second kappa shape index (κ2) is 10.8. The Balaban J connectivity index is 1.41. The summed E-state index contributed by atoms with van der Waals surface area (Å²) in [7, 11) is 0. The molecule has 5 rings (SSSR count). The third-order valence-electron chi connectivity index (χ3n) is 7.12. The van der Waals surface area contributed by atoms with Crippen LogP contribution in [0.25, 0.3) is 22.2 Å². The first-order valence-corrected chi connectivity index (χ1v) is 12.9. The van der Waals surface area contributed by atoms with Gasteiger partial charge >= 0.3 is 6.09 Å². The third kappa shape index (κ3) is 5.01. The Bertz CT molecular complexity index is 1190. The number of aromatic nitrogens is 1. The van der Waals surface area contributed by atoms with Gasteiger partial charge in [-0.2, -0.15) is 0 Å². The molecule has 8 nitrogen and oxygen atoms in total. The minimum absolute atomic E-state index is 0.0747. The maximum absolute atomic E-state index is 12.2. The van der Waals surface area contributed by atoms with Crippen molar-refractivity contribution in [3.05, 3.63) is 42.5 Å². The molecule has 1 saturated heterocycles. The van der Waals surface area contributed by atoms with Crippen molar-refractivity contribution in [3.8, 4) is 17.0 Å². The minimum atomic E-state index is -0.430. The number of hydrogen-bond donors (Lipinski definition) is 2. The molecule has 3 aromatic rings. The Morgan fingerprint density at radius 2 is 1.83 bits per heavy atom. The van der Waals surface area contributed by atoms with Crippen LogP contribution in [0.1, 0.15) is 52.0 Å². The minimum Gasteiger partial charge on any atom is -0.488 e. The summed E-state index contributed by atoms with van der Waals surface area (Å²) in [5, 5.41) is 3.84. The lowest BCUT2D eigenvalue weighted by molar-refractivity contribution is -0.0683. The molecule has 1 saturated carbocycles. The van der Waals surface area contributed by atoms with Crippen LogP contribution >= 0.6 is 0 Å². The van der Waals surface area contributed by atoms with Crippen LogP contribution in [-0.2, 0) is 14.2 Å². The zero-order chi connectivity index (χ0) is 25.1. The largest absolute Gasteiger partial charge is 0.488 e. The molecule has 2 aliphatic rings. The highest BCUT2D eigenvalue weighted by molar-refractivity contribution is 6.01. The molecule has 192 valence electrons. The van der Waals surface area contributed by atoms with Crippen molar-refractivity contribution < 1.29 is 23.7 Å². The van der Waals surface area contributed by atoms with Gasteiger partial charge in [0, 0.05) is 28.7 Å². The topological polar surface area (TPSA) is 97.0 Å². The molecule has 0 bridgehead atoms. The van der Waals surface area contributed by atoms with Gasteiger partial charge in [0.15, 0.2) is 6.29 Å². The van der Waals surface area contributed by atoms with Gasteiger partial charge < -0.3 is 29.2 Å². The molecule has 8 heteroatoms. The van der Waals surface area contributed by atoms with E-state index >= 15 is 0 Å². The van der Waals surface area contributed by atoms with E-state index in [4.69, 9.17) is 24.7 Å². The van der Waals surface area contributed by atoms with Gasteiger partial charge in [-0.25, -0.2) is 4.79 Å². The zero-order valence-electron chi connectivity index (χ0n) is 21.0. The van der Waals surface area contributed by atoms with Gasteiger partial charge in [-0.1, -0.05) is 26.0 Å². The van der Waals surface area contributed by atoms with Gasteiger partial charge in [0.25, 0.3) is 0 Å². The van der Waals surface area contributed by atoms with Gasteiger partial charge in [-0.05, 0) is 56.4 Å². The Hall–Kier alpha value is -3.23. The molecule has 1 aliphatic carbocycles. The van der Waals surface area contributed by atoms with Crippen molar-refractivity contribution in [1.29, 1.82) is 0 Å². The molecule has 36 heavy (non-hydrogen) atoms. The molecule has 3 N–H and O–H groups in total. The van der Waals surface area contributed by atoms with Crippen molar-refractivity contribution in [2.24, 2.45) is 0 Å². The smallest absolute Gasteiger partial charge is 0.411 e. The molecule has 1 aromatic heterocycles. The van der Waals surface area contributed by atoms with E-state index in [-0.39, 0.29) is 12.4 Å². The van der Waals surface area contributed by atoms with E-state index in [0.29, 0.717) is 31.5 Å². The Morgan fingerprint density at radius 1 is 1.11 bits per heavy atom. The van der Waals surface area contributed by atoms with Gasteiger partial charge in [0.1, 0.15) is 18.5 Å². The van der Waals surface area contributed by atoms with Gasteiger partial charge in [-0.15, -0.1) is 0 Å². The molecule has 1 aliphatic heterocycles. The summed E-state index contributed by atoms with van der Waals surface area (Å²) in [6, 6.07) is 14.2. The van der Waals surface area contributed by atoms with Crippen LogP contribution in [0, 0.1) is 0 Å². The molecule has 0 unspecified atom stereocenters. The molecular formula is C28H35N3O5. The number of amides is 1. The summed E-state index contributed by atoms with van der Waals surface area (Å²) in [6.45, 7) is 5.58. The highest BCUT2D eigenvalue weighted by Crippen LogP contribution is 2.45. The van der Waals surface area contributed by atoms with Gasteiger partial charge in [0.05, 0.1) is 30.1 Å². The highest BCUT2D eigenvalue weighted by atomic mass is 16.7. The Morgan fingerprint density at radius 3 is 2.47 bits per heavy atom. The quantitative estimate of drug-likeness (QED) is 0.374. The predicted octanol–water partition coefficient (Wildman–Crippen LogP) is 6.10. The summed E-state index contributed by atoms with van der Waals surface area (Å²) < 4.78 is 24.8. The Labute approximate surface area is 211 Å². The first kappa shape index (κ1) is 24.5. The lowest BCUT2D eigenvalue weighted by atomic mass is 9.92. The number of nitrogens with two attached hydrogens (primary N) is 1. The fourth-order valence-electron chi connectivity index (χ4n) is 4.86. The van der Waals surface area contributed by atoms with E-state index in [1.807, 2.05) is 50.2 Å². The predicted molar refractivity (Wildman–Crippen MR) is 140 cm³/mol. The molecule has 0 radical (unpaired) electrons. The summed E-state index contributed by atoms with van der Waals surface area (Å²) >= 11 is 0. The summed E-state index contributed by atoms with van der Waals surface area (Å²) in [6.07, 6.45) is 4.20. The van der Waals surface area contributed by atoms with Crippen LogP contribution in [0.4, 0.5) is 16.2 Å². The summed E-state index contributed by atoms with van der Waals surface area (Å²) in [4.78, 5) is 12.2.